The molecule has 0 unspecified atom stereocenters. The molecule has 0 saturated heterocycles. The van der Waals surface area contributed by atoms with Gasteiger partial charge in [-0.15, -0.1) is 0 Å². The second-order valence-electron chi connectivity index (χ2n) is 3.55. The van der Waals surface area contributed by atoms with Crippen LogP contribution in [0, 0.1) is 11.3 Å². The fraction of sp³-hybridized carbons (Fsp3) is 0.417. The van der Waals surface area contributed by atoms with Crippen molar-refractivity contribution in [2.24, 2.45) is 0 Å². The van der Waals surface area contributed by atoms with Crippen molar-refractivity contribution in [1.29, 1.82) is 5.26 Å². The van der Waals surface area contributed by atoms with E-state index in [9.17, 15) is 8.42 Å². The third-order valence-corrected chi connectivity index (χ3v) is 4.09. The number of nitrogens with zero attached hydrogens (tertiary/aromatic N) is 1. The molecule has 0 atom stereocenters. The zero-order chi connectivity index (χ0) is 12.7. The maximum absolute atomic E-state index is 11.2. The van der Waals surface area contributed by atoms with Crippen molar-refractivity contribution < 1.29 is 13.2 Å². The summed E-state index contributed by atoms with van der Waals surface area (Å²) < 4.78 is 27.8. The Kier molecular flexibility index (Phi) is 4.98. The molecular weight excluding hydrogens is 238 g/mol. The zero-order valence-corrected chi connectivity index (χ0v) is 10.5. The van der Waals surface area contributed by atoms with Gasteiger partial charge >= 0.3 is 0 Å². The number of ether oxygens (including phenoxy) is 1. The Hall–Kier alpha value is -1.54. The average molecular weight is 253 g/mol. The van der Waals surface area contributed by atoms with Crippen molar-refractivity contribution in [2.45, 2.75) is 13.3 Å². The lowest BCUT2D eigenvalue weighted by Crippen LogP contribution is -2.12. The van der Waals surface area contributed by atoms with Gasteiger partial charge in [-0.25, -0.2) is 8.42 Å². The molecule has 1 aromatic carbocycles. The van der Waals surface area contributed by atoms with Gasteiger partial charge in [0.05, 0.1) is 17.9 Å². The summed E-state index contributed by atoms with van der Waals surface area (Å²) >= 11 is 0. The van der Waals surface area contributed by atoms with Gasteiger partial charge in [0.15, 0.2) is 0 Å². The van der Waals surface area contributed by atoms with Crippen LogP contribution in [0.3, 0.4) is 0 Å². The molecule has 0 aliphatic rings. The third kappa shape index (κ3) is 4.45. The van der Waals surface area contributed by atoms with Gasteiger partial charge in [0.2, 0.25) is 0 Å². The molecule has 5 heteroatoms. The van der Waals surface area contributed by atoms with E-state index in [1.165, 1.54) is 0 Å². The van der Waals surface area contributed by atoms with Gasteiger partial charge in [0, 0.05) is 5.75 Å². The first-order valence-corrected chi connectivity index (χ1v) is 7.23. The summed E-state index contributed by atoms with van der Waals surface area (Å²) in [6.45, 7) is 1.93. The van der Waals surface area contributed by atoms with E-state index >= 15 is 0 Å². The van der Waals surface area contributed by atoms with E-state index in [4.69, 9.17) is 10.00 Å². The molecular formula is C12H15NO3S. The Morgan fingerprint density at radius 2 is 2.06 bits per heavy atom. The number of rotatable bonds is 6. The number of hydrogen-bond donors (Lipinski definition) is 0. The van der Waals surface area contributed by atoms with E-state index in [1.807, 2.05) is 6.07 Å². The van der Waals surface area contributed by atoms with Crippen molar-refractivity contribution in [1.82, 2.24) is 0 Å². The van der Waals surface area contributed by atoms with Crippen molar-refractivity contribution in [2.75, 3.05) is 18.1 Å². The van der Waals surface area contributed by atoms with Crippen LogP contribution in [-0.2, 0) is 9.84 Å². The highest BCUT2D eigenvalue weighted by Gasteiger charge is 2.07. The van der Waals surface area contributed by atoms with Crippen LogP contribution >= 0.6 is 0 Å². The monoisotopic (exact) mass is 253 g/mol. The van der Waals surface area contributed by atoms with Crippen LogP contribution in [-0.4, -0.2) is 26.5 Å². The Morgan fingerprint density at radius 3 is 2.71 bits per heavy atom. The third-order valence-electron chi connectivity index (χ3n) is 2.30. The highest BCUT2D eigenvalue weighted by atomic mass is 32.2. The molecule has 0 radical (unpaired) electrons. The standard InChI is InChI=1S/C12H15NO3S/c1-2-17(14,15)9-5-8-16-12-7-4-3-6-11(12)10-13/h3-4,6-7H,2,5,8-9H2,1H3. The molecule has 0 aromatic heterocycles. The number of sulfone groups is 1. The lowest BCUT2D eigenvalue weighted by Gasteiger charge is -2.07. The van der Waals surface area contributed by atoms with Crippen molar-refractivity contribution in [3.05, 3.63) is 29.8 Å². The molecule has 4 nitrogen and oxygen atoms in total. The molecule has 0 N–H and O–H groups in total. The minimum Gasteiger partial charge on any atom is -0.492 e. The van der Waals surface area contributed by atoms with E-state index < -0.39 is 9.84 Å². The number of hydrogen-bond acceptors (Lipinski definition) is 4. The SMILES string of the molecule is CCS(=O)(=O)CCCOc1ccccc1C#N. The van der Waals surface area contributed by atoms with Crippen LogP contribution in [0.4, 0.5) is 0 Å². The van der Waals surface area contributed by atoms with E-state index in [0.717, 1.165) is 0 Å². The summed E-state index contributed by atoms with van der Waals surface area (Å²) in [5, 5.41) is 8.82. The molecule has 0 aliphatic carbocycles. The Labute approximate surface area is 102 Å². The quantitative estimate of drug-likeness (QED) is 0.724. The summed E-state index contributed by atoms with van der Waals surface area (Å²) in [6.07, 6.45) is 0.440. The summed E-state index contributed by atoms with van der Waals surface area (Å²) in [5.74, 6) is 0.781. The van der Waals surface area contributed by atoms with Crippen LogP contribution in [0.2, 0.25) is 0 Å². The van der Waals surface area contributed by atoms with Crippen LogP contribution in [0.15, 0.2) is 24.3 Å². The molecule has 0 spiro atoms. The van der Waals surface area contributed by atoms with E-state index in [1.54, 1.807) is 31.2 Å². The lowest BCUT2D eigenvalue weighted by molar-refractivity contribution is 0.317. The fourth-order valence-corrected chi connectivity index (χ4v) is 2.14. The molecule has 0 aliphatic heterocycles. The van der Waals surface area contributed by atoms with Gasteiger partial charge in [0.25, 0.3) is 0 Å². The molecule has 0 saturated carbocycles. The van der Waals surface area contributed by atoms with E-state index in [2.05, 4.69) is 0 Å². The molecule has 0 bridgehead atoms. The molecule has 1 rings (SSSR count). The number of para-hydroxylation sites is 1. The average Bonchev–Trinajstić information content (AvgIpc) is 2.35. The second kappa shape index (κ2) is 6.26. The first-order chi connectivity index (χ1) is 8.09. The minimum absolute atomic E-state index is 0.123. The van der Waals surface area contributed by atoms with Gasteiger partial charge in [0.1, 0.15) is 21.7 Å². The van der Waals surface area contributed by atoms with Gasteiger partial charge in [-0.1, -0.05) is 19.1 Å². The molecule has 0 fully saturated rings. The zero-order valence-electron chi connectivity index (χ0n) is 9.72. The van der Waals surface area contributed by atoms with Crippen LogP contribution in [0.1, 0.15) is 18.9 Å². The highest BCUT2D eigenvalue weighted by molar-refractivity contribution is 7.91. The Bertz CT molecular complexity index is 503. The van der Waals surface area contributed by atoms with Crippen LogP contribution in [0.25, 0.3) is 0 Å². The first-order valence-electron chi connectivity index (χ1n) is 5.41. The largest absolute Gasteiger partial charge is 0.492 e. The topological polar surface area (TPSA) is 67.2 Å². The van der Waals surface area contributed by atoms with Gasteiger partial charge in [-0.3, -0.25) is 0 Å². The smallest absolute Gasteiger partial charge is 0.150 e. The number of benzene rings is 1. The molecule has 0 amide bonds. The molecule has 0 heterocycles. The van der Waals surface area contributed by atoms with Crippen LogP contribution in [0.5, 0.6) is 5.75 Å². The maximum Gasteiger partial charge on any atom is 0.150 e. The van der Waals surface area contributed by atoms with Crippen LogP contribution < -0.4 is 4.74 Å². The summed E-state index contributed by atoms with van der Waals surface area (Å²) in [5.41, 5.74) is 0.464. The van der Waals surface area contributed by atoms with Crippen molar-refractivity contribution in [3.63, 3.8) is 0 Å². The predicted molar refractivity (Wildman–Crippen MR) is 65.6 cm³/mol. The van der Waals surface area contributed by atoms with Gasteiger partial charge in [-0.05, 0) is 18.6 Å². The normalized spacial score (nSPS) is 10.8. The second-order valence-corrected chi connectivity index (χ2v) is 6.02. The van der Waals surface area contributed by atoms with Gasteiger partial charge < -0.3 is 4.74 Å². The van der Waals surface area contributed by atoms with E-state index in [0.29, 0.717) is 24.3 Å². The Balaban J connectivity index is 2.45. The number of nitriles is 1. The van der Waals surface area contributed by atoms with E-state index in [-0.39, 0.29) is 11.5 Å². The summed E-state index contributed by atoms with van der Waals surface area (Å²) in [6, 6.07) is 8.92. The summed E-state index contributed by atoms with van der Waals surface area (Å²) in [7, 11) is -2.93. The minimum atomic E-state index is -2.93. The van der Waals surface area contributed by atoms with Crippen molar-refractivity contribution >= 4 is 9.84 Å². The molecule has 1 aromatic rings. The van der Waals surface area contributed by atoms with Gasteiger partial charge in [-0.2, -0.15) is 5.26 Å². The molecule has 17 heavy (non-hydrogen) atoms. The maximum atomic E-state index is 11.2. The first kappa shape index (κ1) is 13.5. The van der Waals surface area contributed by atoms with Crippen molar-refractivity contribution in [3.8, 4) is 11.8 Å². The fourth-order valence-electron chi connectivity index (χ4n) is 1.29. The lowest BCUT2D eigenvalue weighted by atomic mass is 10.2. The highest BCUT2D eigenvalue weighted by Crippen LogP contribution is 2.16. The molecule has 92 valence electrons. The Morgan fingerprint density at radius 1 is 1.35 bits per heavy atom. The predicted octanol–water partition coefficient (Wildman–Crippen LogP) is 1.76. The summed E-state index contributed by atoms with van der Waals surface area (Å²) in [4.78, 5) is 0.